The number of aromatic nitrogens is 1. The number of thiazole rings is 1. The Kier molecular flexibility index (Phi) is 6.68. The topological polar surface area (TPSA) is 51.2 Å². The normalized spacial score (nSPS) is 10.5. The number of amides is 1. The summed E-state index contributed by atoms with van der Waals surface area (Å²) in [6, 6.07) is 7.15. The summed E-state index contributed by atoms with van der Waals surface area (Å²) in [5, 5.41) is 6.08. The summed E-state index contributed by atoms with van der Waals surface area (Å²) in [6.07, 6.45) is 3.26. The van der Waals surface area contributed by atoms with E-state index in [9.17, 15) is 4.79 Å². The highest BCUT2D eigenvalue weighted by molar-refractivity contribution is 7.09. The standard InChI is InChI=1S/C16H19ClN2O2S/c1-2-3-4-9-18-16(20)14-11-22-15(19-14)10-21-13-7-5-12(17)6-8-13/h5-8,11H,2-4,9-10H2,1H3,(H,18,20). The van der Waals surface area contributed by atoms with Crippen LogP contribution in [0.3, 0.4) is 0 Å². The van der Waals surface area contributed by atoms with Gasteiger partial charge in [0.15, 0.2) is 0 Å². The van der Waals surface area contributed by atoms with Crippen LogP contribution in [0.2, 0.25) is 5.02 Å². The number of carbonyl (C=O) groups is 1. The molecule has 0 unspecified atom stereocenters. The maximum atomic E-state index is 11.9. The first kappa shape index (κ1) is 16.8. The van der Waals surface area contributed by atoms with Gasteiger partial charge in [-0.15, -0.1) is 11.3 Å². The molecule has 0 atom stereocenters. The van der Waals surface area contributed by atoms with Crippen LogP contribution in [0, 0.1) is 0 Å². The van der Waals surface area contributed by atoms with Gasteiger partial charge in [-0.25, -0.2) is 4.98 Å². The van der Waals surface area contributed by atoms with Crippen molar-refractivity contribution in [2.75, 3.05) is 6.54 Å². The SMILES string of the molecule is CCCCCNC(=O)c1csc(COc2ccc(Cl)cc2)n1. The van der Waals surface area contributed by atoms with Crippen LogP contribution in [-0.2, 0) is 6.61 Å². The Labute approximate surface area is 139 Å². The summed E-state index contributed by atoms with van der Waals surface area (Å²) in [6.45, 7) is 3.17. The van der Waals surface area contributed by atoms with Gasteiger partial charge in [-0.05, 0) is 30.7 Å². The molecule has 0 radical (unpaired) electrons. The summed E-state index contributed by atoms with van der Waals surface area (Å²) in [4.78, 5) is 16.2. The van der Waals surface area contributed by atoms with Crippen LogP contribution in [-0.4, -0.2) is 17.4 Å². The van der Waals surface area contributed by atoms with E-state index < -0.39 is 0 Å². The van der Waals surface area contributed by atoms with Crippen molar-refractivity contribution in [2.45, 2.75) is 32.8 Å². The maximum Gasteiger partial charge on any atom is 0.270 e. The molecule has 0 aliphatic rings. The van der Waals surface area contributed by atoms with Crippen molar-refractivity contribution < 1.29 is 9.53 Å². The molecule has 0 aliphatic carbocycles. The Balaban J connectivity index is 1.80. The molecule has 1 aromatic carbocycles. The number of halogens is 1. The molecule has 0 saturated heterocycles. The van der Waals surface area contributed by atoms with Crippen molar-refractivity contribution >= 4 is 28.8 Å². The lowest BCUT2D eigenvalue weighted by atomic mass is 10.2. The van der Waals surface area contributed by atoms with Gasteiger partial charge in [0.1, 0.15) is 23.1 Å². The lowest BCUT2D eigenvalue weighted by Crippen LogP contribution is -2.24. The van der Waals surface area contributed by atoms with Gasteiger partial charge in [-0.1, -0.05) is 31.4 Å². The minimum Gasteiger partial charge on any atom is -0.486 e. The molecule has 0 bridgehead atoms. The molecule has 22 heavy (non-hydrogen) atoms. The molecule has 1 amide bonds. The molecule has 0 spiro atoms. The molecule has 1 aromatic heterocycles. The second-order valence-corrected chi connectivity index (χ2v) is 6.21. The molecule has 6 heteroatoms. The van der Waals surface area contributed by atoms with Crippen molar-refractivity contribution in [3.05, 3.63) is 45.4 Å². The zero-order valence-corrected chi connectivity index (χ0v) is 14.0. The van der Waals surface area contributed by atoms with Crippen LogP contribution in [0.15, 0.2) is 29.6 Å². The fourth-order valence-corrected chi connectivity index (χ4v) is 2.64. The lowest BCUT2D eigenvalue weighted by Gasteiger charge is -2.03. The largest absolute Gasteiger partial charge is 0.486 e. The number of nitrogens with zero attached hydrogens (tertiary/aromatic N) is 1. The molecule has 118 valence electrons. The van der Waals surface area contributed by atoms with Crippen LogP contribution in [0.5, 0.6) is 5.75 Å². The highest BCUT2D eigenvalue weighted by Gasteiger charge is 2.10. The van der Waals surface area contributed by atoms with E-state index in [4.69, 9.17) is 16.3 Å². The number of benzene rings is 1. The molecule has 0 saturated carbocycles. The fourth-order valence-electron chi connectivity index (χ4n) is 1.82. The van der Waals surface area contributed by atoms with Crippen molar-refractivity contribution in [3.63, 3.8) is 0 Å². The van der Waals surface area contributed by atoms with Crippen LogP contribution in [0.1, 0.15) is 41.7 Å². The number of hydrogen-bond donors (Lipinski definition) is 1. The van der Waals surface area contributed by atoms with Gasteiger partial charge in [0, 0.05) is 16.9 Å². The third-order valence-electron chi connectivity index (χ3n) is 3.03. The van der Waals surface area contributed by atoms with Gasteiger partial charge < -0.3 is 10.1 Å². The Hall–Kier alpha value is -1.59. The number of carbonyl (C=O) groups excluding carboxylic acids is 1. The summed E-state index contributed by atoms with van der Waals surface area (Å²) < 4.78 is 5.61. The molecular formula is C16H19ClN2O2S. The predicted molar refractivity (Wildman–Crippen MR) is 89.8 cm³/mol. The van der Waals surface area contributed by atoms with Crippen molar-refractivity contribution in [1.82, 2.24) is 10.3 Å². The van der Waals surface area contributed by atoms with Gasteiger partial charge in [0.05, 0.1) is 0 Å². The molecular weight excluding hydrogens is 320 g/mol. The van der Waals surface area contributed by atoms with Crippen molar-refractivity contribution in [1.29, 1.82) is 0 Å². The first-order chi connectivity index (χ1) is 10.7. The highest BCUT2D eigenvalue weighted by atomic mass is 35.5. The smallest absolute Gasteiger partial charge is 0.270 e. The quantitative estimate of drug-likeness (QED) is 0.730. The average Bonchev–Trinajstić information content (AvgIpc) is 3.00. The molecule has 0 aliphatic heterocycles. The second-order valence-electron chi connectivity index (χ2n) is 4.83. The van der Waals surface area contributed by atoms with E-state index in [0.29, 0.717) is 23.9 Å². The number of nitrogens with one attached hydrogen (secondary N) is 1. The monoisotopic (exact) mass is 338 g/mol. The first-order valence-corrected chi connectivity index (χ1v) is 8.55. The molecule has 1 N–H and O–H groups in total. The summed E-state index contributed by atoms with van der Waals surface area (Å²) in [5.74, 6) is 0.607. The highest BCUT2D eigenvalue weighted by Crippen LogP contribution is 2.18. The van der Waals surface area contributed by atoms with Crippen molar-refractivity contribution in [3.8, 4) is 5.75 Å². The van der Waals surface area contributed by atoms with Gasteiger partial charge in [-0.3, -0.25) is 4.79 Å². The Bertz CT molecular complexity index is 598. The summed E-state index contributed by atoms with van der Waals surface area (Å²) >= 11 is 7.24. The lowest BCUT2D eigenvalue weighted by molar-refractivity contribution is 0.0948. The van der Waals surface area contributed by atoms with E-state index in [-0.39, 0.29) is 5.91 Å². The third kappa shape index (κ3) is 5.31. The zero-order valence-electron chi connectivity index (χ0n) is 12.5. The second kappa shape index (κ2) is 8.76. The number of ether oxygens (including phenoxy) is 1. The van der Waals surface area contributed by atoms with E-state index in [1.165, 1.54) is 11.3 Å². The molecule has 0 fully saturated rings. The number of rotatable bonds is 8. The van der Waals surface area contributed by atoms with Gasteiger partial charge in [0.2, 0.25) is 0 Å². The summed E-state index contributed by atoms with van der Waals surface area (Å²) in [5.41, 5.74) is 0.455. The van der Waals surface area contributed by atoms with E-state index in [0.717, 1.165) is 30.0 Å². The average molecular weight is 339 g/mol. The number of unbranched alkanes of at least 4 members (excludes halogenated alkanes) is 2. The van der Waals surface area contributed by atoms with E-state index in [2.05, 4.69) is 17.2 Å². The van der Waals surface area contributed by atoms with Crippen LogP contribution >= 0.6 is 22.9 Å². The molecule has 1 heterocycles. The third-order valence-corrected chi connectivity index (χ3v) is 4.10. The van der Waals surface area contributed by atoms with E-state index in [1.807, 2.05) is 0 Å². The maximum absolute atomic E-state index is 11.9. The fraction of sp³-hybridized carbons (Fsp3) is 0.375. The van der Waals surface area contributed by atoms with E-state index in [1.54, 1.807) is 29.6 Å². The summed E-state index contributed by atoms with van der Waals surface area (Å²) in [7, 11) is 0. The zero-order chi connectivity index (χ0) is 15.8. The van der Waals surface area contributed by atoms with Crippen LogP contribution in [0.25, 0.3) is 0 Å². The molecule has 4 nitrogen and oxygen atoms in total. The van der Waals surface area contributed by atoms with Gasteiger partial charge >= 0.3 is 0 Å². The van der Waals surface area contributed by atoms with Gasteiger partial charge in [0.25, 0.3) is 5.91 Å². The van der Waals surface area contributed by atoms with Gasteiger partial charge in [-0.2, -0.15) is 0 Å². The Morgan fingerprint density at radius 1 is 1.32 bits per heavy atom. The molecule has 2 rings (SSSR count). The van der Waals surface area contributed by atoms with Crippen LogP contribution in [0.4, 0.5) is 0 Å². The Morgan fingerprint density at radius 2 is 2.09 bits per heavy atom. The van der Waals surface area contributed by atoms with E-state index >= 15 is 0 Å². The first-order valence-electron chi connectivity index (χ1n) is 7.30. The molecule has 2 aromatic rings. The Morgan fingerprint density at radius 3 is 2.82 bits per heavy atom. The minimum absolute atomic E-state index is 0.120. The van der Waals surface area contributed by atoms with Crippen molar-refractivity contribution in [2.24, 2.45) is 0 Å². The number of hydrogen-bond acceptors (Lipinski definition) is 4. The minimum atomic E-state index is -0.120. The van der Waals surface area contributed by atoms with Crippen LogP contribution < -0.4 is 10.1 Å². The predicted octanol–water partition coefficient (Wildman–Crippen LogP) is 4.30.